The highest BCUT2D eigenvalue weighted by atomic mass is 79.9. The minimum atomic E-state index is -0.0750. The molecule has 1 aliphatic heterocycles. The van der Waals surface area contributed by atoms with Crippen LogP contribution in [0.5, 0.6) is 11.5 Å². The fourth-order valence-electron chi connectivity index (χ4n) is 3.89. The number of methoxy groups -OCH3 is 1. The Bertz CT molecular complexity index is 1300. The number of piperidine rings is 1. The van der Waals surface area contributed by atoms with Gasteiger partial charge in [0.1, 0.15) is 12.2 Å². The van der Waals surface area contributed by atoms with Gasteiger partial charge in [-0.05, 0) is 46.3 Å². The highest BCUT2D eigenvalue weighted by Crippen LogP contribution is 2.39. The van der Waals surface area contributed by atoms with Crippen molar-refractivity contribution in [3.05, 3.63) is 64.2 Å². The third-order valence-corrected chi connectivity index (χ3v) is 6.92. The van der Waals surface area contributed by atoms with E-state index in [1.807, 2.05) is 32.0 Å². The third-order valence-electron chi connectivity index (χ3n) is 5.68. The second-order valence-corrected chi connectivity index (χ2v) is 9.04. The number of nitrogens with zero attached hydrogens (tertiary/aromatic N) is 3. The number of amides is 1. The second kappa shape index (κ2) is 12.6. The predicted molar refractivity (Wildman–Crippen MR) is 147 cm³/mol. The van der Waals surface area contributed by atoms with E-state index >= 15 is 0 Å². The van der Waals surface area contributed by atoms with Crippen LogP contribution in [0.4, 0.5) is 11.4 Å². The number of likely N-dealkylation sites (tertiary alicyclic amines) is 1. The summed E-state index contributed by atoms with van der Waals surface area (Å²) in [5.41, 5.74) is 2.37. The molecule has 3 aromatic rings. The molecule has 188 valence electrons. The second-order valence-electron chi connectivity index (χ2n) is 7.78. The van der Waals surface area contributed by atoms with Gasteiger partial charge in [0.25, 0.3) is 0 Å². The minimum absolute atomic E-state index is 0.0689. The fraction of sp³-hybridized carbons (Fsp3) is 0.296. The topological polar surface area (TPSA) is 87.5 Å². The van der Waals surface area contributed by atoms with Crippen LogP contribution in [0.25, 0.3) is 10.9 Å². The van der Waals surface area contributed by atoms with Crippen molar-refractivity contribution in [2.75, 3.05) is 25.5 Å². The van der Waals surface area contributed by atoms with Crippen LogP contribution in [0.1, 0.15) is 32.3 Å². The van der Waals surface area contributed by atoms with Crippen LogP contribution in [-0.4, -0.2) is 42.1 Å². The highest BCUT2D eigenvalue weighted by Gasteiger charge is 2.24. The van der Waals surface area contributed by atoms with Gasteiger partial charge in [0, 0.05) is 53.7 Å². The van der Waals surface area contributed by atoms with Crippen LogP contribution in [0.15, 0.2) is 53.7 Å². The van der Waals surface area contributed by atoms with Gasteiger partial charge in [0.15, 0.2) is 11.5 Å². The first-order valence-corrected chi connectivity index (χ1v) is 12.8. The fourth-order valence-corrected chi connectivity index (χ4v) is 4.32. The number of hydrogen-bond acceptors (Lipinski definition) is 6. The van der Waals surface area contributed by atoms with Gasteiger partial charge in [-0.15, -0.1) is 0 Å². The van der Waals surface area contributed by atoms with Gasteiger partial charge >= 0.3 is 0 Å². The lowest BCUT2D eigenvalue weighted by molar-refractivity contribution is -0.127. The first-order valence-electron chi connectivity index (χ1n) is 11.6. The number of carbonyl (C=O) groups excluding carboxylic acids is 1. The monoisotopic (exact) mass is 570 g/mol. The summed E-state index contributed by atoms with van der Waals surface area (Å²) >= 11 is 9.65. The standard InChI is InChI=1S/C25H22BrClN4O3.C2H6/c1-3-24(32)31-8-6-17(7-9-31)34-23-11-18-21(12-22(23)33-2)29-14-15(13-28)25(18)30-16-4-5-19(26)20(27)10-16;1-2/h3-5,10-12,14,17H,1,6-9H2,2H3,(H,29,30);1-2H3. The first kappa shape index (κ1) is 27.3. The normalized spacial score (nSPS) is 13.3. The van der Waals surface area contributed by atoms with E-state index in [4.69, 9.17) is 21.1 Å². The number of aromatic nitrogens is 1. The van der Waals surface area contributed by atoms with E-state index in [0.29, 0.717) is 64.6 Å². The molecule has 1 aromatic heterocycles. The zero-order valence-electron chi connectivity index (χ0n) is 20.5. The molecule has 1 N–H and O–H groups in total. The summed E-state index contributed by atoms with van der Waals surface area (Å²) in [5.74, 6) is 1.03. The van der Waals surface area contributed by atoms with E-state index in [2.05, 4.69) is 38.9 Å². The van der Waals surface area contributed by atoms with Gasteiger partial charge in [-0.25, -0.2) is 0 Å². The molecule has 2 heterocycles. The molecule has 1 fully saturated rings. The lowest BCUT2D eigenvalue weighted by atomic mass is 10.1. The van der Waals surface area contributed by atoms with E-state index in [9.17, 15) is 10.1 Å². The molecule has 1 aliphatic rings. The number of rotatable bonds is 6. The Balaban J connectivity index is 0.00000176. The average Bonchev–Trinajstić information content (AvgIpc) is 2.91. The number of ether oxygens (including phenoxy) is 2. The number of pyridine rings is 1. The Morgan fingerprint density at radius 3 is 2.61 bits per heavy atom. The number of fused-ring (bicyclic) bond motifs is 1. The highest BCUT2D eigenvalue weighted by molar-refractivity contribution is 9.10. The van der Waals surface area contributed by atoms with Crippen LogP contribution in [0.3, 0.4) is 0 Å². The minimum Gasteiger partial charge on any atom is -0.493 e. The summed E-state index contributed by atoms with van der Waals surface area (Å²) in [7, 11) is 1.58. The Kier molecular flexibility index (Phi) is 9.57. The van der Waals surface area contributed by atoms with Crippen LogP contribution < -0.4 is 14.8 Å². The van der Waals surface area contributed by atoms with Gasteiger partial charge in [0.2, 0.25) is 5.91 Å². The third kappa shape index (κ3) is 6.10. The molecule has 0 bridgehead atoms. The molecule has 2 aromatic carbocycles. The molecule has 0 unspecified atom stereocenters. The maximum atomic E-state index is 11.9. The number of nitrogens with one attached hydrogen (secondary N) is 1. The van der Waals surface area contributed by atoms with Crippen molar-refractivity contribution in [3.8, 4) is 17.6 Å². The van der Waals surface area contributed by atoms with Crippen LogP contribution in [0, 0.1) is 11.3 Å². The van der Waals surface area contributed by atoms with E-state index in [0.717, 1.165) is 10.2 Å². The Morgan fingerprint density at radius 2 is 2.00 bits per heavy atom. The van der Waals surface area contributed by atoms with E-state index < -0.39 is 0 Å². The predicted octanol–water partition coefficient (Wildman–Crippen LogP) is 6.86. The average molecular weight is 572 g/mol. The molecule has 0 saturated carbocycles. The van der Waals surface area contributed by atoms with Gasteiger partial charge in [-0.1, -0.05) is 32.0 Å². The molecule has 0 aliphatic carbocycles. The Hall–Kier alpha value is -3.28. The number of halogens is 2. The molecule has 0 atom stereocenters. The number of anilines is 2. The van der Waals surface area contributed by atoms with Crippen molar-refractivity contribution in [1.82, 2.24) is 9.88 Å². The molecule has 0 radical (unpaired) electrons. The summed E-state index contributed by atoms with van der Waals surface area (Å²) in [5, 5.41) is 14.3. The largest absolute Gasteiger partial charge is 0.493 e. The smallest absolute Gasteiger partial charge is 0.245 e. The molecule has 1 saturated heterocycles. The molecule has 1 amide bonds. The zero-order valence-corrected chi connectivity index (χ0v) is 22.8. The van der Waals surface area contributed by atoms with Gasteiger partial charge in [0.05, 0.1) is 28.9 Å². The van der Waals surface area contributed by atoms with E-state index in [-0.39, 0.29) is 12.0 Å². The maximum absolute atomic E-state index is 11.9. The zero-order chi connectivity index (χ0) is 26.2. The number of hydrogen-bond donors (Lipinski definition) is 1. The van der Waals surface area contributed by atoms with Crippen LogP contribution >= 0.6 is 27.5 Å². The van der Waals surface area contributed by atoms with Crippen LogP contribution in [-0.2, 0) is 4.79 Å². The number of nitriles is 1. The molecule has 9 heteroatoms. The van der Waals surface area contributed by atoms with E-state index in [1.54, 1.807) is 24.1 Å². The lowest BCUT2D eigenvalue weighted by Crippen LogP contribution is -2.41. The molecular weight excluding hydrogens is 544 g/mol. The van der Waals surface area contributed by atoms with E-state index in [1.165, 1.54) is 12.3 Å². The number of benzene rings is 2. The summed E-state index contributed by atoms with van der Waals surface area (Å²) in [4.78, 5) is 18.1. The van der Waals surface area contributed by atoms with Gasteiger partial charge in [-0.2, -0.15) is 5.26 Å². The SMILES string of the molecule is C=CC(=O)N1CCC(Oc2cc3c(Nc4ccc(Br)c(Cl)c4)c(C#N)cnc3cc2OC)CC1.CC. The van der Waals surface area contributed by atoms with Crippen molar-refractivity contribution in [3.63, 3.8) is 0 Å². The molecular formula is C27H28BrClN4O3. The van der Waals surface area contributed by atoms with Crippen LogP contribution in [0.2, 0.25) is 5.02 Å². The molecule has 7 nitrogen and oxygen atoms in total. The van der Waals surface area contributed by atoms with Crippen molar-refractivity contribution in [2.45, 2.75) is 32.8 Å². The first-order chi connectivity index (χ1) is 17.4. The summed E-state index contributed by atoms with van der Waals surface area (Å²) < 4.78 is 12.6. The van der Waals surface area contributed by atoms with Crippen molar-refractivity contribution >= 4 is 55.7 Å². The lowest BCUT2D eigenvalue weighted by Gasteiger charge is -2.31. The summed E-state index contributed by atoms with van der Waals surface area (Å²) in [6.07, 6.45) is 4.17. The summed E-state index contributed by atoms with van der Waals surface area (Å²) in [6, 6.07) is 11.3. The van der Waals surface area contributed by atoms with Crippen molar-refractivity contribution in [2.24, 2.45) is 0 Å². The van der Waals surface area contributed by atoms with Crippen molar-refractivity contribution in [1.29, 1.82) is 5.26 Å². The molecule has 4 rings (SSSR count). The molecule has 0 spiro atoms. The van der Waals surface area contributed by atoms with Crippen molar-refractivity contribution < 1.29 is 14.3 Å². The quantitative estimate of drug-likeness (QED) is 0.325. The Labute approximate surface area is 224 Å². The Morgan fingerprint density at radius 1 is 1.28 bits per heavy atom. The van der Waals surface area contributed by atoms with Gasteiger partial charge in [-0.3, -0.25) is 9.78 Å². The number of carbonyl (C=O) groups is 1. The molecule has 36 heavy (non-hydrogen) atoms. The van der Waals surface area contributed by atoms with Gasteiger partial charge < -0.3 is 19.7 Å². The maximum Gasteiger partial charge on any atom is 0.245 e. The summed E-state index contributed by atoms with van der Waals surface area (Å²) in [6.45, 7) is 8.75.